The molecule has 0 heterocycles. The van der Waals surface area contributed by atoms with Gasteiger partial charge in [0, 0.05) is 26.2 Å². The van der Waals surface area contributed by atoms with Gasteiger partial charge in [-0.3, -0.25) is 0 Å². The van der Waals surface area contributed by atoms with E-state index in [9.17, 15) is 0 Å². The highest BCUT2D eigenvalue weighted by molar-refractivity contribution is 6.31. The topological polar surface area (TPSA) is 50.1 Å². The molecule has 68 valence electrons. The molecule has 0 unspecified atom stereocenters. The normalized spacial score (nSPS) is 11.5. The van der Waals surface area contributed by atoms with Gasteiger partial charge < -0.3 is 16.0 Å². The van der Waals surface area contributed by atoms with Crippen LogP contribution < -0.4 is 16.0 Å². The molecule has 0 aliphatic carbocycles. The Morgan fingerprint density at radius 2 is 2.09 bits per heavy atom. The lowest BCUT2D eigenvalue weighted by atomic mass is 10.6. The van der Waals surface area contributed by atoms with Crippen molar-refractivity contribution in [3.05, 3.63) is 0 Å². The number of rotatable bonds is 8. The van der Waals surface area contributed by atoms with Gasteiger partial charge >= 0.3 is 0 Å². The predicted octanol–water partition coefficient (Wildman–Crippen LogP) is -0.964. The fourth-order valence-electron chi connectivity index (χ4n) is 0.831. The number of hydrogen-bond acceptors (Lipinski definition) is 3. The molecule has 0 radical (unpaired) electrons. The Hall–Kier alpha value is 0.0969. The van der Waals surface area contributed by atoms with Crippen LogP contribution in [-0.4, -0.2) is 35.9 Å². The molecule has 0 atom stereocenters. The maximum atomic E-state index is 5.32. The molecule has 0 saturated heterocycles. The summed E-state index contributed by atoms with van der Waals surface area (Å²) in [7, 11) is 0.0558. The molecule has 0 spiro atoms. The number of nitrogens with two attached hydrogens (primary N) is 1. The minimum absolute atomic E-state index is 0.0558. The Labute approximate surface area is 72.0 Å². The fourth-order valence-corrected chi connectivity index (χ4v) is 1.86. The van der Waals surface area contributed by atoms with Crippen molar-refractivity contribution in [1.82, 2.24) is 10.3 Å². The van der Waals surface area contributed by atoms with E-state index in [1.807, 2.05) is 0 Å². The summed E-state index contributed by atoms with van der Waals surface area (Å²) in [6.45, 7) is 6.10. The van der Waals surface area contributed by atoms with Crippen molar-refractivity contribution in [3.63, 3.8) is 0 Å². The van der Waals surface area contributed by atoms with Crippen LogP contribution in [0.1, 0.15) is 13.3 Å². The van der Waals surface area contributed by atoms with E-state index in [0.717, 1.165) is 26.2 Å². The number of nitrogens with one attached hydrogen (secondary N) is 2. The van der Waals surface area contributed by atoms with Crippen LogP contribution in [0.2, 0.25) is 6.04 Å². The second-order valence-corrected chi connectivity index (χ2v) is 4.35. The summed E-state index contributed by atoms with van der Waals surface area (Å²) in [4.78, 5) is 3.48. The lowest BCUT2D eigenvalue weighted by Crippen LogP contribution is -2.32. The molecular weight excluding hydrogens is 154 g/mol. The van der Waals surface area contributed by atoms with Gasteiger partial charge in [0.2, 0.25) is 0 Å². The summed E-state index contributed by atoms with van der Waals surface area (Å²) in [5, 5.41) is 3.25. The molecule has 11 heavy (non-hydrogen) atoms. The van der Waals surface area contributed by atoms with Crippen LogP contribution in [0, 0.1) is 0 Å². The summed E-state index contributed by atoms with van der Waals surface area (Å²) < 4.78 is 0. The van der Waals surface area contributed by atoms with Crippen molar-refractivity contribution < 1.29 is 0 Å². The van der Waals surface area contributed by atoms with Gasteiger partial charge in [0.15, 0.2) is 0 Å². The Bertz CT molecular complexity index is 62.7. The molecule has 0 aliphatic rings. The largest absolute Gasteiger partial charge is 0.341 e. The molecule has 0 aromatic heterocycles. The maximum absolute atomic E-state index is 5.32. The van der Waals surface area contributed by atoms with Crippen molar-refractivity contribution in [2.24, 2.45) is 5.73 Å². The third-order valence-electron chi connectivity index (χ3n) is 1.51. The summed E-state index contributed by atoms with van der Waals surface area (Å²) in [6.07, 6.45) is 1.33. The molecular formula is C7H21N3Si. The van der Waals surface area contributed by atoms with Crippen LogP contribution in [0.3, 0.4) is 0 Å². The zero-order valence-corrected chi connectivity index (χ0v) is 8.94. The van der Waals surface area contributed by atoms with E-state index in [-0.39, 0.29) is 9.68 Å². The second-order valence-electron chi connectivity index (χ2n) is 2.64. The van der Waals surface area contributed by atoms with Crippen LogP contribution >= 0.6 is 0 Å². The highest BCUT2D eigenvalue weighted by Crippen LogP contribution is 1.80. The molecule has 4 heteroatoms. The molecule has 0 fully saturated rings. The SMILES string of the molecule is CCC[SiH2]NCCNCCN. The first-order valence-corrected chi connectivity index (χ1v) is 6.24. The molecule has 0 amide bonds. The van der Waals surface area contributed by atoms with E-state index in [1.54, 1.807) is 0 Å². The quantitative estimate of drug-likeness (QED) is 0.329. The minimum atomic E-state index is 0.0558. The van der Waals surface area contributed by atoms with E-state index in [2.05, 4.69) is 17.2 Å². The van der Waals surface area contributed by atoms with Crippen LogP contribution in [0.15, 0.2) is 0 Å². The first-order chi connectivity index (χ1) is 5.41. The maximum Gasteiger partial charge on any atom is 0.0916 e. The molecule has 0 saturated carbocycles. The standard InChI is InChI=1S/C7H21N3Si/c1-2-7-11-10-6-5-9-4-3-8/h9-10H,2-8,11H2,1H3. The first kappa shape index (κ1) is 11.1. The lowest BCUT2D eigenvalue weighted by molar-refractivity contribution is 0.679. The van der Waals surface area contributed by atoms with Crippen molar-refractivity contribution in [2.75, 3.05) is 26.2 Å². The summed E-state index contributed by atoms with van der Waals surface area (Å²) in [5.74, 6) is 0. The Balaban J connectivity index is 2.69. The van der Waals surface area contributed by atoms with Crippen LogP contribution in [0.5, 0.6) is 0 Å². The zero-order valence-electron chi connectivity index (χ0n) is 7.53. The van der Waals surface area contributed by atoms with Crippen molar-refractivity contribution >= 4 is 9.68 Å². The highest BCUT2D eigenvalue weighted by Gasteiger charge is 1.86. The van der Waals surface area contributed by atoms with Crippen LogP contribution in [0.4, 0.5) is 0 Å². The molecule has 4 N–H and O–H groups in total. The van der Waals surface area contributed by atoms with E-state index in [1.165, 1.54) is 12.5 Å². The summed E-state index contributed by atoms with van der Waals surface area (Å²) >= 11 is 0. The van der Waals surface area contributed by atoms with Gasteiger partial charge in [0.25, 0.3) is 0 Å². The van der Waals surface area contributed by atoms with E-state index >= 15 is 0 Å². The molecule has 0 rings (SSSR count). The van der Waals surface area contributed by atoms with Gasteiger partial charge in [-0.25, -0.2) is 0 Å². The smallest absolute Gasteiger partial charge is 0.0916 e. The van der Waals surface area contributed by atoms with Gasteiger partial charge in [-0.05, 0) is 0 Å². The average Bonchev–Trinajstić information content (AvgIpc) is 2.03. The summed E-state index contributed by atoms with van der Waals surface area (Å²) in [5.41, 5.74) is 5.32. The van der Waals surface area contributed by atoms with Crippen molar-refractivity contribution in [1.29, 1.82) is 0 Å². The van der Waals surface area contributed by atoms with Gasteiger partial charge in [0.05, 0.1) is 9.68 Å². The predicted molar refractivity (Wildman–Crippen MR) is 53.6 cm³/mol. The number of hydrogen-bond donors (Lipinski definition) is 3. The van der Waals surface area contributed by atoms with Crippen molar-refractivity contribution in [3.8, 4) is 0 Å². The Morgan fingerprint density at radius 3 is 2.73 bits per heavy atom. The van der Waals surface area contributed by atoms with Crippen molar-refractivity contribution in [2.45, 2.75) is 19.4 Å². The van der Waals surface area contributed by atoms with Gasteiger partial charge in [-0.1, -0.05) is 19.4 Å². The molecule has 0 aromatic carbocycles. The average molecular weight is 175 g/mol. The molecule has 0 aromatic rings. The zero-order chi connectivity index (χ0) is 8.36. The monoisotopic (exact) mass is 175 g/mol. The van der Waals surface area contributed by atoms with Crippen LogP contribution in [-0.2, 0) is 0 Å². The van der Waals surface area contributed by atoms with E-state index in [4.69, 9.17) is 5.73 Å². The highest BCUT2D eigenvalue weighted by atomic mass is 28.2. The third-order valence-corrected chi connectivity index (χ3v) is 3.27. The van der Waals surface area contributed by atoms with Gasteiger partial charge in [-0.2, -0.15) is 0 Å². The second kappa shape index (κ2) is 10.1. The van der Waals surface area contributed by atoms with Gasteiger partial charge in [-0.15, -0.1) is 0 Å². The van der Waals surface area contributed by atoms with Gasteiger partial charge in [0.1, 0.15) is 0 Å². The summed E-state index contributed by atoms with van der Waals surface area (Å²) in [6, 6.07) is 1.41. The molecule has 3 nitrogen and oxygen atoms in total. The Kier molecular flexibility index (Phi) is 10.2. The first-order valence-electron chi connectivity index (χ1n) is 4.53. The van der Waals surface area contributed by atoms with Crippen LogP contribution in [0.25, 0.3) is 0 Å². The minimum Gasteiger partial charge on any atom is -0.341 e. The molecule has 0 bridgehead atoms. The van der Waals surface area contributed by atoms with E-state index < -0.39 is 0 Å². The van der Waals surface area contributed by atoms with E-state index in [0.29, 0.717) is 0 Å². The lowest BCUT2D eigenvalue weighted by Gasteiger charge is -2.03. The Morgan fingerprint density at radius 1 is 1.27 bits per heavy atom. The molecule has 0 aliphatic heterocycles. The fraction of sp³-hybridized carbons (Fsp3) is 1.00. The third kappa shape index (κ3) is 10.1.